The van der Waals surface area contributed by atoms with Crippen molar-refractivity contribution in [3.05, 3.63) is 33.8 Å². The number of hydrogen-bond donors (Lipinski definition) is 1. The first-order valence-corrected chi connectivity index (χ1v) is 6.04. The largest absolute Gasteiger partial charge is 0.461 e. The Kier molecular flexibility index (Phi) is 5.25. The highest BCUT2D eigenvalue weighted by Gasteiger charge is 2.23. The van der Waals surface area contributed by atoms with E-state index in [0.29, 0.717) is 17.0 Å². The number of carbonyl (C=O) groups is 1. The Labute approximate surface area is 110 Å². The van der Waals surface area contributed by atoms with E-state index in [0.717, 1.165) is 0 Å². The molecule has 0 radical (unpaired) electrons. The summed E-state index contributed by atoms with van der Waals surface area (Å²) in [5.41, 5.74) is 0.296. The molecule has 0 aliphatic carbocycles. The van der Waals surface area contributed by atoms with Crippen LogP contribution in [0.1, 0.15) is 31.9 Å². The molecule has 0 aliphatic heterocycles. The van der Waals surface area contributed by atoms with Crippen LogP contribution < -0.4 is 0 Å². The molecule has 1 aromatic carbocycles. The molecular formula is C12H14Cl2O3. The number of ether oxygens (including phenoxy) is 1. The van der Waals surface area contributed by atoms with Gasteiger partial charge in [-0.2, -0.15) is 0 Å². The molecular weight excluding hydrogens is 263 g/mol. The number of benzene rings is 1. The first kappa shape index (κ1) is 14.3. The maximum absolute atomic E-state index is 11.6. The Balaban J connectivity index is 2.81. The van der Waals surface area contributed by atoms with E-state index in [9.17, 15) is 9.90 Å². The summed E-state index contributed by atoms with van der Waals surface area (Å²) in [6.45, 7) is 3.65. The average Bonchev–Trinajstić information content (AvgIpc) is 2.28. The lowest BCUT2D eigenvalue weighted by atomic mass is 10.1. The highest BCUT2D eigenvalue weighted by atomic mass is 35.5. The molecule has 1 aromatic rings. The summed E-state index contributed by atoms with van der Waals surface area (Å²) < 4.78 is 5.02. The fraction of sp³-hybridized carbons (Fsp3) is 0.417. The van der Waals surface area contributed by atoms with Gasteiger partial charge in [0.05, 0.1) is 6.10 Å². The summed E-state index contributed by atoms with van der Waals surface area (Å²) in [4.78, 5) is 11.6. The average molecular weight is 277 g/mol. The molecule has 0 aliphatic rings. The minimum Gasteiger partial charge on any atom is -0.461 e. The Morgan fingerprint density at radius 1 is 1.47 bits per heavy atom. The van der Waals surface area contributed by atoms with Crippen molar-refractivity contribution in [3.8, 4) is 0 Å². The van der Waals surface area contributed by atoms with Crippen LogP contribution in [-0.2, 0) is 9.53 Å². The highest BCUT2D eigenvalue weighted by Crippen LogP contribution is 2.27. The molecule has 2 atom stereocenters. The molecule has 2 unspecified atom stereocenters. The van der Waals surface area contributed by atoms with E-state index < -0.39 is 12.1 Å². The topological polar surface area (TPSA) is 46.5 Å². The van der Waals surface area contributed by atoms with Crippen molar-refractivity contribution in [1.29, 1.82) is 0 Å². The third-order valence-electron chi connectivity index (χ3n) is 2.37. The summed E-state index contributed by atoms with van der Waals surface area (Å²) >= 11 is 11.6. The lowest BCUT2D eigenvalue weighted by Gasteiger charge is -2.15. The number of halogens is 2. The van der Waals surface area contributed by atoms with Gasteiger partial charge < -0.3 is 9.84 Å². The minimum atomic E-state index is -1.38. The fourth-order valence-corrected chi connectivity index (χ4v) is 1.71. The van der Waals surface area contributed by atoms with Gasteiger partial charge in [-0.05, 0) is 25.5 Å². The molecule has 94 valence electrons. The van der Waals surface area contributed by atoms with E-state index in [4.69, 9.17) is 27.9 Å². The van der Waals surface area contributed by atoms with E-state index >= 15 is 0 Å². The van der Waals surface area contributed by atoms with Crippen LogP contribution in [0.4, 0.5) is 0 Å². The zero-order valence-electron chi connectivity index (χ0n) is 9.61. The predicted molar refractivity (Wildman–Crippen MR) is 67.3 cm³/mol. The smallest absolute Gasteiger partial charge is 0.339 e. The molecule has 0 saturated heterocycles. The van der Waals surface area contributed by atoms with Crippen LogP contribution in [0.15, 0.2) is 18.2 Å². The van der Waals surface area contributed by atoms with Crippen LogP contribution in [0.25, 0.3) is 0 Å². The maximum atomic E-state index is 11.6. The zero-order chi connectivity index (χ0) is 13.0. The van der Waals surface area contributed by atoms with Crippen molar-refractivity contribution in [2.45, 2.75) is 32.5 Å². The van der Waals surface area contributed by atoms with Crippen LogP contribution in [0.5, 0.6) is 0 Å². The van der Waals surface area contributed by atoms with Crippen LogP contribution in [-0.4, -0.2) is 17.2 Å². The number of aliphatic hydroxyl groups excluding tert-OH is 1. The molecule has 17 heavy (non-hydrogen) atoms. The fourth-order valence-electron chi connectivity index (χ4n) is 1.20. The summed E-state index contributed by atoms with van der Waals surface area (Å²) in [5.74, 6) is -0.705. The number of carbonyl (C=O) groups excluding carboxylic acids is 1. The van der Waals surface area contributed by atoms with Gasteiger partial charge in [0.25, 0.3) is 0 Å². The van der Waals surface area contributed by atoms with Crippen molar-refractivity contribution in [3.63, 3.8) is 0 Å². The van der Waals surface area contributed by atoms with E-state index in [2.05, 4.69) is 0 Å². The van der Waals surface area contributed by atoms with Gasteiger partial charge >= 0.3 is 5.97 Å². The van der Waals surface area contributed by atoms with E-state index in [-0.39, 0.29) is 11.1 Å². The Bertz CT molecular complexity index is 407. The van der Waals surface area contributed by atoms with E-state index in [1.807, 2.05) is 6.92 Å². The third-order valence-corrected chi connectivity index (χ3v) is 2.94. The SMILES string of the molecule is CCC(C)OC(=O)C(O)c1ccc(Cl)cc1Cl. The van der Waals surface area contributed by atoms with Crippen LogP contribution in [0, 0.1) is 0 Å². The molecule has 0 bridgehead atoms. The zero-order valence-corrected chi connectivity index (χ0v) is 11.1. The summed E-state index contributed by atoms with van der Waals surface area (Å²) in [6.07, 6.45) is -0.927. The molecule has 1 rings (SSSR count). The van der Waals surface area contributed by atoms with Crippen LogP contribution in [0.3, 0.4) is 0 Å². The number of rotatable bonds is 4. The van der Waals surface area contributed by atoms with Crippen molar-refractivity contribution >= 4 is 29.2 Å². The first-order valence-electron chi connectivity index (χ1n) is 5.29. The predicted octanol–water partition coefficient (Wildman–Crippen LogP) is 3.37. The van der Waals surface area contributed by atoms with Gasteiger partial charge in [-0.25, -0.2) is 4.79 Å². The second kappa shape index (κ2) is 6.24. The standard InChI is InChI=1S/C12H14Cl2O3/c1-3-7(2)17-12(16)11(15)9-5-4-8(13)6-10(9)14/h4-7,11,15H,3H2,1-2H3. The summed E-state index contributed by atoms with van der Waals surface area (Å²) in [5, 5.41) is 10.5. The molecule has 0 spiro atoms. The van der Waals surface area contributed by atoms with Gasteiger partial charge in [0.15, 0.2) is 6.10 Å². The monoisotopic (exact) mass is 276 g/mol. The molecule has 1 N–H and O–H groups in total. The summed E-state index contributed by atoms with van der Waals surface area (Å²) in [6, 6.07) is 4.54. The lowest BCUT2D eigenvalue weighted by molar-refractivity contribution is -0.158. The van der Waals surface area contributed by atoms with Gasteiger partial charge in [-0.1, -0.05) is 36.2 Å². The molecule has 0 fully saturated rings. The maximum Gasteiger partial charge on any atom is 0.339 e. The van der Waals surface area contributed by atoms with Crippen LogP contribution in [0.2, 0.25) is 10.0 Å². The molecule has 0 saturated carbocycles. The normalized spacial score (nSPS) is 14.2. The lowest BCUT2D eigenvalue weighted by Crippen LogP contribution is -2.20. The molecule has 0 amide bonds. The van der Waals surface area contributed by atoms with Gasteiger partial charge in [0.2, 0.25) is 0 Å². The molecule has 0 heterocycles. The van der Waals surface area contributed by atoms with Crippen molar-refractivity contribution in [2.75, 3.05) is 0 Å². The number of hydrogen-bond acceptors (Lipinski definition) is 3. The Morgan fingerprint density at radius 3 is 2.65 bits per heavy atom. The molecule has 5 heteroatoms. The third kappa shape index (κ3) is 3.87. The Hall–Kier alpha value is -0.770. The number of aliphatic hydroxyl groups is 1. The first-order chi connectivity index (χ1) is 7.95. The minimum absolute atomic E-state index is 0.233. The quantitative estimate of drug-likeness (QED) is 0.858. The van der Waals surface area contributed by atoms with Crippen LogP contribution >= 0.6 is 23.2 Å². The van der Waals surface area contributed by atoms with Gasteiger partial charge in [-0.3, -0.25) is 0 Å². The number of esters is 1. The van der Waals surface area contributed by atoms with Gasteiger partial charge in [-0.15, -0.1) is 0 Å². The van der Waals surface area contributed by atoms with Crippen molar-refractivity contribution in [1.82, 2.24) is 0 Å². The second-order valence-corrected chi connectivity index (χ2v) is 4.57. The summed E-state index contributed by atoms with van der Waals surface area (Å²) in [7, 11) is 0. The van der Waals surface area contributed by atoms with E-state index in [1.54, 1.807) is 13.0 Å². The van der Waals surface area contributed by atoms with Crippen molar-refractivity contribution in [2.24, 2.45) is 0 Å². The van der Waals surface area contributed by atoms with Gasteiger partial charge in [0, 0.05) is 15.6 Å². The van der Waals surface area contributed by atoms with E-state index in [1.165, 1.54) is 12.1 Å². The molecule has 0 aromatic heterocycles. The van der Waals surface area contributed by atoms with Crippen molar-refractivity contribution < 1.29 is 14.6 Å². The highest BCUT2D eigenvalue weighted by molar-refractivity contribution is 6.35. The second-order valence-electron chi connectivity index (χ2n) is 3.72. The molecule has 3 nitrogen and oxygen atoms in total. The van der Waals surface area contributed by atoms with Gasteiger partial charge in [0.1, 0.15) is 0 Å². The Morgan fingerprint density at radius 2 is 2.12 bits per heavy atom.